The van der Waals surface area contributed by atoms with Gasteiger partial charge in [-0.3, -0.25) is 9.59 Å². The summed E-state index contributed by atoms with van der Waals surface area (Å²) in [5, 5.41) is 23.2. The molecule has 0 saturated heterocycles. The average Bonchev–Trinajstić information content (AvgIpc) is 3.20. The van der Waals surface area contributed by atoms with Crippen LogP contribution in [0.25, 0.3) is 0 Å². The zero-order valence-corrected chi connectivity index (χ0v) is 37.6. The summed E-state index contributed by atoms with van der Waals surface area (Å²) < 4.78 is 5.44. The molecule has 0 saturated carbocycles. The van der Waals surface area contributed by atoms with E-state index in [1.54, 1.807) is 0 Å². The Kier molecular flexibility index (Phi) is 45.1. The lowest BCUT2D eigenvalue weighted by molar-refractivity contribution is -0.143. The Balaban J connectivity index is 3.50. The third kappa shape index (κ3) is 42.2. The van der Waals surface area contributed by atoms with Gasteiger partial charge in [-0.1, -0.05) is 212 Å². The molecule has 0 aromatic rings. The van der Waals surface area contributed by atoms with Crippen LogP contribution in [0.15, 0.2) is 12.2 Å². The zero-order valence-electron chi connectivity index (χ0n) is 37.6. The molecule has 0 fully saturated rings. The maximum atomic E-state index is 12.4. The van der Waals surface area contributed by atoms with Crippen LogP contribution in [-0.2, 0) is 14.3 Å². The van der Waals surface area contributed by atoms with E-state index in [0.29, 0.717) is 25.9 Å². The lowest BCUT2D eigenvalue weighted by Gasteiger charge is -2.22. The van der Waals surface area contributed by atoms with E-state index in [2.05, 4.69) is 31.3 Å². The molecule has 3 N–H and O–H groups in total. The van der Waals surface area contributed by atoms with Crippen molar-refractivity contribution in [3.05, 3.63) is 12.2 Å². The summed E-state index contributed by atoms with van der Waals surface area (Å²) in [5.74, 6) is -0.0812. The van der Waals surface area contributed by atoms with Crippen molar-refractivity contribution in [2.24, 2.45) is 0 Å². The van der Waals surface area contributed by atoms with E-state index < -0.39 is 12.1 Å². The quantitative estimate of drug-likeness (QED) is 0.0324. The van der Waals surface area contributed by atoms with Crippen LogP contribution in [0.1, 0.15) is 271 Å². The Bertz CT molecular complexity index is 832. The third-order valence-corrected chi connectivity index (χ3v) is 11.6. The zero-order chi connectivity index (χ0) is 40.8. The first-order valence-electron chi connectivity index (χ1n) is 24.9. The molecule has 0 aliphatic heterocycles. The molecule has 0 aliphatic rings. The minimum atomic E-state index is -0.678. The number of ether oxygens (including phenoxy) is 1. The highest BCUT2D eigenvalue weighted by Crippen LogP contribution is 2.16. The smallest absolute Gasteiger partial charge is 0.305 e. The van der Waals surface area contributed by atoms with Crippen LogP contribution in [0, 0.1) is 0 Å². The van der Waals surface area contributed by atoms with Crippen LogP contribution in [0.4, 0.5) is 0 Å². The molecule has 0 aromatic carbocycles. The second-order valence-electron chi connectivity index (χ2n) is 17.1. The lowest BCUT2D eigenvalue weighted by Crippen LogP contribution is -2.45. The molecular formula is C50H97NO5. The summed E-state index contributed by atoms with van der Waals surface area (Å²) in [6, 6.07) is -0.558. The average molecular weight is 792 g/mol. The van der Waals surface area contributed by atoms with Gasteiger partial charge in [-0.05, 0) is 57.8 Å². The van der Waals surface area contributed by atoms with Crippen LogP contribution >= 0.6 is 0 Å². The van der Waals surface area contributed by atoms with Crippen molar-refractivity contribution in [1.29, 1.82) is 0 Å². The van der Waals surface area contributed by atoms with Crippen LogP contribution in [0.2, 0.25) is 0 Å². The lowest BCUT2D eigenvalue weighted by atomic mass is 10.0. The van der Waals surface area contributed by atoms with Gasteiger partial charge in [-0.15, -0.1) is 0 Å². The Morgan fingerprint density at radius 3 is 1.27 bits per heavy atom. The van der Waals surface area contributed by atoms with Crippen molar-refractivity contribution in [2.45, 2.75) is 283 Å². The first kappa shape index (κ1) is 54.6. The molecular weight excluding hydrogens is 695 g/mol. The van der Waals surface area contributed by atoms with E-state index in [4.69, 9.17) is 4.74 Å². The number of aliphatic hydroxyl groups is 2. The van der Waals surface area contributed by atoms with Gasteiger partial charge in [0, 0.05) is 12.8 Å². The molecule has 0 bridgehead atoms. The number of aliphatic hydroxyl groups excluding tert-OH is 2. The predicted octanol–water partition coefficient (Wildman–Crippen LogP) is 14.6. The van der Waals surface area contributed by atoms with Crippen molar-refractivity contribution >= 4 is 11.9 Å². The van der Waals surface area contributed by atoms with E-state index in [-0.39, 0.29) is 18.5 Å². The highest BCUT2D eigenvalue weighted by atomic mass is 16.5. The van der Waals surface area contributed by atoms with Crippen molar-refractivity contribution in [3.63, 3.8) is 0 Å². The van der Waals surface area contributed by atoms with Crippen LogP contribution in [0.5, 0.6) is 0 Å². The fraction of sp³-hybridized carbons (Fsp3) is 0.920. The van der Waals surface area contributed by atoms with Crippen LogP contribution in [-0.4, -0.2) is 47.4 Å². The molecule has 0 rings (SSSR count). The van der Waals surface area contributed by atoms with Crippen molar-refractivity contribution in [2.75, 3.05) is 13.2 Å². The van der Waals surface area contributed by atoms with E-state index >= 15 is 0 Å². The monoisotopic (exact) mass is 792 g/mol. The second-order valence-corrected chi connectivity index (χ2v) is 17.1. The summed E-state index contributed by atoms with van der Waals surface area (Å²) >= 11 is 0. The Morgan fingerprint density at radius 2 is 0.839 bits per heavy atom. The number of allylic oxidation sites excluding steroid dienone is 2. The fourth-order valence-corrected chi connectivity index (χ4v) is 7.69. The predicted molar refractivity (Wildman–Crippen MR) is 241 cm³/mol. The second kappa shape index (κ2) is 46.3. The summed E-state index contributed by atoms with van der Waals surface area (Å²) in [6.07, 6.45) is 51.7. The first-order valence-corrected chi connectivity index (χ1v) is 24.9. The molecule has 332 valence electrons. The fourth-order valence-electron chi connectivity index (χ4n) is 7.69. The molecule has 0 heterocycles. The molecule has 0 spiro atoms. The summed E-state index contributed by atoms with van der Waals surface area (Å²) in [7, 11) is 0. The van der Waals surface area contributed by atoms with Gasteiger partial charge in [-0.2, -0.15) is 0 Å². The van der Waals surface area contributed by atoms with Crippen molar-refractivity contribution in [1.82, 2.24) is 5.32 Å². The third-order valence-electron chi connectivity index (χ3n) is 11.6. The number of amides is 1. The molecule has 6 nitrogen and oxygen atoms in total. The number of carbonyl (C=O) groups excluding carboxylic acids is 2. The number of rotatable bonds is 46. The highest BCUT2D eigenvalue weighted by Gasteiger charge is 2.20. The Morgan fingerprint density at radius 1 is 0.482 bits per heavy atom. The number of esters is 1. The first-order chi connectivity index (χ1) is 27.5. The number of nitrogens with one attached hydrogen (secondary N) is 1. The molecule has 0 radical (unpaired) electrons. The van der Waals surface area contributed by atoms with Crippen LogP contribution < -0.4 is 5.32 Å². The van der Waals surface area contributed by atoms with Gasteiger partial charge in [0.25, 0.3) is 0 Å². The molecule has 56 heavy (non-hydrogen) atoms. The Labute approximate surface area is 349 Å². The van der Waals surface area contributed by atoms with E-state index in [1.807, 2.05) is 0 Å². The summed E-state index contributed by atoms with van der Waals surface area (Å²) in [4.78, 5) is 24.4. The SMILES string of the molecule is CCCCCCCCCCCCCCCCC(O)C(CO)NC(=O)CCCCCCC/C=C\CCCCCOC(=O)CCCCCCCCCCCCCCC. The van der Waals surface area contributed by atoms with E-state index in [0.717, 1.165) is 77.0 Å². The summed E-state index contributed by atoms with van der Waals surface area (Å²) in [6.45, 7) is 4.89. The van der Waals surface area contributed by atoms with E-state index in [9.17, 15) is 19.8 Å². The molecule has 6 heteroatoms. The maximum absolute atomic E-state index is 12.4. The van der Waals surface area contributed by atoms with Gasteiger partial charge in [-0.25, -0.2) is 0 Å². The Hall–Kier alpha value is -1.40. The number of carbonyl (C=O) groups is 2. The molecule has 1 amide bonds. The van der Waals surface area contributed by atoms with Gasteiger partial charge in [0.15, 0.2) is 0 Å². The van der Waals surface area contributed by atoms with Gasteiger partial charge in [0.2, 0.25) is 5.91 Å². The van der Waals surface area contributed by atoms with E-state index in [1.165, 1.54) is 161 Å². The van der Waals surface area contributed by atoms with Gasteiger partial charge in [0.05, 0.1) is 25.4 Å². The van der Waals surface area contributed by atoms with Gasteiger partial charge in [0.1, 0.15) is 0 Å². The highest BCUT2D eigenvalue weighted by molar-refractivity contribution is 5.76. The van der Waals surface area contributed by atoms with Gasteiger partial charge >= 0.3 is 5.97 Å². The molecule has 0 aromatic heterocycles. The molecule has 2 atom stereocenters. The van der Waals surface area contributed by atoms with Crippen LogP contribution in [0.3, 0.4) is 0 Å². The molecule has 2 unspecified atom stereocenters. The largest absolute Gasteiger partial charge is 0.466 e. The topological polar surface area (TPSA) is 95.9 Å². The maximum Gasteiger partial charge on any atom is 0.305 e. The summed E-state index contributed by atoms with van der Waals surface area (Å²) in [5.41, 5.74) is 0. The van der Waals surface area contributed by atoms with Crippen molar-refractivity contribution in [3.8, 4) is 0 Å². The normalized spacial score (nSPS) is 12.7. The number of unbranched alkanes of at least 4 members (excludes halogenated alkanes) is 33. The van der Waals surface area contributed by atoms with Gasteiger partial charge < -0.3 is 20.3 Å². The standard InChI is InChI=1S/C50H97NO5/c1-3-5-7-9-11-13-15-17-19-22-26-30-34-38-42-48(53)47(46-52)51-49(54)43-39-35-31-27-23-20-21-25-29-33-37-41-45-56-50(55)44-40-36-32-28-24-18-16-14-12-10-8-6-4-2/h21,25,47-48,52-53H,3-20,22-24,26-46H2,1-2H3,(H,51,54)/b25-21-. The van der Waals surface area contributed by atoms with Crippen molar-refractivity contribution < 1.29 is 24.5 Å². The number of hydrogen-bond acceptors (Lipinski definition) is 5. The minimum absolute atomic E-state index is 0.0212. The minimum Gasteiger partial charge on any atom is -0.466 e. The number of hydrogen-bond donors (Lipinski definition) is 3. The molecule has 0 aliphatic carbocycles.